The number of nitro benzene ring substituents is 1. The number of nitro groups is 1. The Morgan fingerprint density at radius 2 is 1.63 bits per heavy atom. The molecule has 8 heteroatoms. The van der Waals surface area contributed by atoms with Gasteiger partial charge in [-0.05, 0) is 31.2 Å². The summed E-state index contributed by atoms with van der Waals surface area (Å²) in [6.07, 6.45) is 0. The van der Waals surface area contributed by atoms with E-state index in [1.54, 1.807) is 16.7 Å². The second kappa shape index (κ2) is 7.86. The molecule has 2 aromatic carbocycles. The van der Waals surface area contributed by atoms with Crippen LogP contribution in [0.4, 0.5) is 16.2 Å². The largest absolute Gasteiger partial charge is 0.335 e. The summed E-state index contributed by atoms with van der Waals surface area (Å²) in [5, 5.41) is 13.7. The summed E-state index contributed by atoms with van der Waals surface area (Å²) in [6, 6.07) is 13.4. The molecule has 1 N–H and O–H groups in total. The molecule has 27 heavy (non-hydrogen) atoms. The molecule has 0 saturated carbocycles. The smallest absolute Gasteiger partial charge is 0.321 e. The predicted molar refractivity (Wildman–Crippen MR) is 101 cm³/mol. The summed E-state index contributed by atoms with van der Waals surface area (Å²) in [5.74, 6) is -0.184. The second-order valence-electron chi connectivity index (χ2n) is 6.33. The van der Waals surface area contributed by atoms with Crippen molar-refractivity contribution in [2.45, 2.75) is 6.92 Å². The van der Waals surface area contributed by atoms with Gasteiger partial charge in [0.15, 0.2) is 0 Å². The molecule has 2 aromatic rings. The quantitative estimate of drug-likeness (QED) is 0.665. The summed E-state index contributed by atoms with van der Waals surface area (Å²) in [6.45, 7) is 3.29. The van der Waals surface area contributed by atoms with Crippen molar-refractivity contribution >= 4 is 23.3 Å². The van der Waals surface area contributed by atoms with Crippen LogP contribution in [0.2, 0.25) is 0 Å². The monoisotopic (exact) mass is 368 g/mol. The first-order valence-electron chi connectivity index (χ1n) is 8.61. The minimum atomic E-state index is -0.465. The van der Waals surface area contributed by atoms with E-state index in [4.69, 9.17) is 0 Å². The van der Waals surface area contributed by atoms with Crippen LogP contribution in [0.5, 0.6) is 0 Å². The van der Waals surface area contributed by atoms with Crippen LogP contribution < -0.4 is 5.32 Å². The average Bonchev–Trinajstić information content (AvgIpc) is 2.68. The zero-order chi connectivity index (χ0) is 19.4. The lowest BCUT2D eigenvalue weighted by molar-refractivity contribution is -0.385. The number of rotatable bonds is 3. The Bertz CT molecular complexity index is 861. The molecule has 0 bridgehead atoms. The van der Waals surface area contributed by atoms with E-state index >= 15 is 0 Å². The molecule has 3 rings (SSSR count). The van der Waals surface area contributed by atoms with Gasteiger partial charge in [-0.25, -0.2) is 4.79 Å². The Kier molecular flexibility index (Phi) is 5.35. The van der Waals surface area contributed by atoms with Crippen molar-refractivity contribution in [1.82, 2.24) is 9.80 Å². The molecule has 8 nitrogen and oxygen atoms in total. The Labute approximate surface area is 156 Å². The van der Waals surface area contributed by atoms with Crippen LogP contribution in [-0.2, 0) is 0 Å². The fourth-order valence-electron chi connectivity index (χ4n) is 3.01. The first-order valence-corrected chi connectivity index (χ1v) is 8.61. The van der Waals surface area contributed by atoms with Crippen LogP contribution in [-0.4, -0.2) is 52.8 Å². The van der Waals surface area contributed by atoms with E-state index in [-0.39, 0.29) is 17.6 Å². The van der Waals surface area contributed by atoms with Crippen molar-refractivity contribution in [3.05, 3.63) is 69.8 Å². The lowest BCUT2D eigenvalue weighted by Crippen LogP contribution is -2.51. The van der Waals surface area contributed by atoms with E-state index in [0.717, 1.165) is 5.69 Å². The van der Waals surface area contributed by atoms with Gasteiger partial charge in [0.2, 0.25) is 0 Å². The molecule has 1 saturated heterocycles. The molecule has 0 radical (unpaired) electrons. The van der Waals surface area contributed by atoms with Gasteiger partial charge < -0.3 is 15.1 Å². The number of amides is 3. The lowest BCUT2D eigenvalue weighted by Gasteiger charge is -2.34. The van der Waals surface area contributed by atoms with Gasteiger partial charge in [0.05, 0.1) is 4.92 Å². The summed E-state index contributed by atoms with van der Waals surface area (Å²) in [4.78, 5) is 38.7. The van der Waals surface area contributed by atoms with Crippen LogP contribution in [0.25, 0.3) is 0 Å². The van der Waals surface area contributed by atoms with Crippen molar-refractivity contribution < 1.29 is 14.5 Å². The number of piperazine rings is 1. The highest BCUT2D eigenvalue weighted by atomic mass is 16.6. The standard InChI is InChI=1S/C19H20N4O4/c1-14-13-15(7-8-17(14)23(26)27)18(24)21-9-11-22(12-10-21)19(25)20-16-5-3-2-4-6-16/h2-8,13H,9-12H2,1H3,(H,20,25). The van der Waals surface area contributed by atoms with Crippen molar-refractivity contribution in [2.75, 3.05) is 31.5 Å². The van der Waals surface area contributed by atoms with Crippen molar-refractivity contribution in [2.24, 2.45) is 0 Å². The van der Waals surface area contributed by atoms with Gasteiger partial charge in [0, 0.05) is 49.1 Å². The third kappa shape index (κ3) is 4.22. The molecule has 1 aliphatic rings. The minimum absolute atomic E-state index is 0.00560. The van der Waals surface area contributed by atoms with Crippen LogP contribution >= 0.6 is 0 Å². The molecule has 3 amide bonds. The number of hydrogen-bond donors (Lipinski definition) is 1. The highest BCUT2D eigenvalue weighted by Crippen LogP contribution is 2.20. The van der Waals surface area contributed by atoms with Crippen LogP contribution in [0, 0.1) is 17.0 Å². The van der Waals surface area contributed by atoms with Crippen LogP contribution in [0.1, 0.15) is 15.9 Å². The highest BCUT2D eigenvalue weighted by molar-refractivity contribution is 5.95. The molecule has 0 atom stereocenters. The molecule has 1 aliphatic heterocycles. The van der Waals surface area contributed by atoms with Crippen LogP contribution in [0.3, 0.4) is 0 Å². The molecule has 0 spiro atoms. The van der Waals surface area contributed by atoms with Crippen LogP contribution in [0.15, 0.2) is 48.5 Å². The zero-order valence-electron chi connectivity index (χ0n) is 14.9. The molecule has 0 aliphatic carbocycles. The molecular formula is C19H20N4O4. The summed E-state index contributed by atoms with van der Waals surface area (Å²) in [7, 11) is 0. The molecular weight excluding hydrogens is 348 g/mol. The van der Waals surface area contributed by atoms with Gasteiger partial charge in [-0.15, -0.1) is 0 Å². The molecule has 1 heterocycles. The molecule has 0 aromatic heterocycles. The first kappa shape index (κ1) is 18.4. The summed E-state index contributed by atoms with van der Waals surface area (Å²) in [5.41, 5.74) is 1.59. The van der Waals surface area contributed by atoms with Crippen molar-refractivity contribution in [3.8, 4) is 0 Å². The topological polar surface area (TPSA) is 95.8 Å². The number of hydrogen-bond acceptors (Lipinski definition) is 4. The van der Waals surface area contributed by atoms with Gasteiger partial charge in [0.25, 0.3) is 11.6 Å². The lowest BCUT2D eigenvalue weighted by atomic mass is 10.1. The molecule has 0 unspecified atom stereocenters. The average molecular weight is 368 g/mol. The van der Waals surface area contributed by atoms with E-state index < -0.39 is 4.92 Å². The number of anilines is 1. The SMILES string of the molecule is Cc1cc(C(=O)N2CCN(C(=O)Nc3ccccc3)CC2)ccc1[N+](=O)[O-]. The van der Waals surface area contributed by atoms with Gasteiger partial charge in [-0.1, -0.05) is 18.2 Å². The normalized spacial score (nSPS) is 14.0. The number of benzene rings is 2. The predicted octanol–water partition coefficient (Wildman–Crippen LogP) is 2.89. The Morgan fingerprint density at radius 3 is 2.22 bits per heavy atom. The van der Waals surface area contributed by atoms with Crippen molar-refractivity contribution in [1.29, 1.82) is 0 Å². The van der Waals surface area contributed by atoms with Crippen molar-refractivity contribution in [3.63, 3.8) is 0 Å². The number of nitrogens with one attached hydrogen (secondary N) is 1. The maximum absolute atomic E-state index is 12.6. The number of carbonyl (C=O) groups is 2. The minimum Gasteiger partial charge on any atom is -0.335 e. The maximum atomic E-state index is 12.6. The van der Waals surface area contributed by atoms with E-state index in [2.05, 4.69) is 5.32 Å². The van der Waals surface area contributed by atoms with E-state index in [1.165, 1.54) is 18.2 Å². The fourth-order valence-corrected chi connectivity index (χ4v) is 3.01. The van der Waals surface area contributed by atoms with Gasteiger partial charge in [-0.3, -0.25) is 14.9 Å². The highest BCUT2D eigenvalue weighted by Gasteiger charge is 2.25. The molecule has 1 fully saturated rings. The first-order chi connectivity index (χ1) is 13.0. The summed E-state index contributed by atoms with van der Waals surface area (Å²) < 4.78 is 0. The zero-order valence-corrected chi connectivity index (χ0v) is 14.9. The third-order valence-electron chi connectivity index (χ3n) is 4.52. The van der Waals surface area contributed by atoms with E-state index in [1.807, 2.05) is 30.3 Å². The van der Waals surface area contributed by atoms with E-state index in [9.17, 15) is 19.7 Å². The van der Waals surface area contributed by atoms with Gasteiger partial charge in [0.1, 0.15) is 0 Å². The Hall–Kier alpha value is -3.42. The maximum Gasteiger partial charge on any atom is 0.321 e. The van der Waals surface area contributed by atoms with E-state index in [0.29, 0.717) is 37.3 Å². The number of urea groups is 1. The molecule has 140 valence electrons. The third-order valence-corrected chi connectivity index (χ3v) is 4.52. The van der Waals surface area contributed by atoms with Gasteiger partial charge >= 0.3 is 6.03 Å². The number of carbonyl (C=O) groups excluding carboxylic acids is 2. The number of para-hydroxylation sites is 1. The Balaban J connectivity index is 1.58. The fraction of sp³-hybridized carbons (Fsp3) is 0.263. The Morgan fingerprint density at radius 1 is 1.00 bits per heavy atom. The number of nitrogens with zero attached hydrogens (tertiary/aromatic N) is 3. The van der Waals surface area contributed by atoms with Gasteiger partial charge in [-0.2, -0.15) is 0 Å². The summed E-state index contributed by atoms with van der Waals surface area (Å²) >= 11 is 0. The second-order valence-corrected chi connectivity index (χ2v) is 6.33. The number of aryl methyl sites for hydroxylation is 1.